The maximum atomic E-state index is 13.2. The average molecular weight is 403 g/mol. The molecule has 3 heterocycles. The zero-order valence-corrected chi connectivity index (χ0v) is 17.7. The van der Waals surface area contributed by atoms with Crippen LogP contribution in [0.4, 0.5) is 9.80 Å². The Hall–Kier alpha value is -2.48. The molecule has 1 aliphatic rings. The van der Waals surface area contributed by atoms with E-state index in [1.165, 1.54) is 11.3 Å². The molecular weight excluding hydrogens is 376 g/mol. The van der Waals surface area contributed by atoms with E-state index in [-0.39, 0.29) is 5.91 Å². The van der Waals surface area contributed by atoms with Crippen molar-refractivity contribution >= 4 is 28.3 Å². The normalized spacial score (nSPS) is 16.9. The van der Waals surface area contributed by atoms with Gasteiger partial charge in [-0.25, -0.2) is 9.78 Å². The molecule has 0 radical (unpaired) electrons. The number of carbonyl (C=O) groups excluding carboxylic acids is 2. The summed E-state index contributed by atoms with van der Waals surface area (Å²) in [6, 6.07) is 3.29. The molecule has 28 heavy (non-hydrogen) atoms. The number of hydrogen-bond donors (Lipinski definition) is 0. The van der Waals surface area contributed by atoms with Gasteiger partial charge in [0.2, 0.25) is 5.91 Å². The number of hydrogen-bond acceptors (Lipinski definition) is 6. The van der Waals surface area contributed by atoms with Crippen LogP contribution in [0.2, 0.25) is 0 Å². The summed E-state index contributed by atoms with van der Waals surface area (Å²) in [4.78, 5) is 37.6. The van der Waals surface area contributed by atoms with Crippen molar-refractivity contribution in [1.82, 2.24) is 14.9 Å². The van der Waals surface area contributed by atoms with Crippen LogP contribution in [0.5, 0.6) is 0 Å². The molecule has 0 saturated carbocycles. The van der Waals surface area contributed by atoms with Crippen molar-refractivity contribution in [2.45, 2.75) is 52.2 Å². The molecule has 1 aliphatic heterocycles. The van der Waals surface area contributed by atoms with Gasteiger partial charge in [0.1, 0.15) is 21.7 Å². The highest BCUT2D eigenvalue weighted by molar-refractivity contribution is 7.19. The topological polar surface area (TPSA) is 75.6 Å². The molecule has 1 saturated heterocycles. The summed E-state index contributed by atoms with van der Waals surface area (Å²) < 4.78 is 5.47. The number of anilines is 1. The lowest BCUT2D eigenvalue weighted by Crippen LogP contribution is -2.48. The lowest BCUT2D eigenvalue weighted by molar-refractivity contribution is -0.122. The molecule has 150 valence electrons. The van der Waals surface area contributed by atoms with Gasteiger partial charge in [-0.15, -0.1) is 0 Å². The molecule has 0 bridgehead atoms. The minimum absolute atomic E-state index is 0.118. The van der Waals surface area contributed by atoms with Crippen molar-refractivity contribution in [3.05, 3.63) is 30.2 Å². The number of aryl methyl sites for hydroxylation is 1. The van der Waals surface area contributed by atoms with Crippen LogP contribution in [0.3, 0.4) is 0 Å². The molecule has 0 unspecified atom stereocenters. The number of rotatable bonds is 3. The first-order valence-electron chi connectivity index (χ1n) is 9.32. The predicted molar refractivity (Wildman–Crippen MR) is 109 cm³/mol. The van der Waals surface area contributed by atoms with Crippen molar-refractivity contribution in [3.63, 3.8) is 0 Å². The molecule has 0 spiro atoms. The lowest BCUT2D eigenvalue weighted by Gasteiger charge is -2.30. The van der Waals surface area contributed by atoms with Gasteiger partial charge in [-0.1, -0.05) is 11.3 Å². The summed E-state index contributed by atoms with van der Waals surface area (Å²) in [6.07, 6.45) is 4.45. The Kier molecular flexibility index (Phi) is 5.69. The van der Waals surface area contributed by atoms with Gasteiger partial charge in [0.15, 0.2) is 0 Å². The minimum Gasteiger partial charge on any atom is -0.444 e. The molecule has 0 aliphatic carbocycles. The number of nitrogens with zero attached hydrogens (tertiary/aromatic N) is 4. The van der Waals surface area contributed by atoms with E-state index in [0.717, 1.165) is 27.7 Å². The number of carbonyl (C=O) groups is 2. The Labute approximate surface area is 169 Å². The van der Waals surface area contributed by atoms with Gasteiger partial charge in [0.05, 0.1) is 5.69 Å². The number of ether oxygens (including phenoxy) is 1. The van der Waals surface area contributed by atoms with Gasteiger partial charge >= 0.3 is 6.09 Å². The van der Waals surface area contributed by atoms with Gasteiger partial charge in [0.25, 0.3) is 0 Å². The quantitative estimate of drug-likeness (QED) is 0.779. The molecule has 2 aromatic rings. The van der Waals surface area contributed by atoms with Crippen LogP contribution in [0.1, 0.15) is 39.3 Å². The fraction of sp³-hybridized carbons (Fsp3) is 0.500. The third-order valence-electron chi connectivity index (χ3n) is 4.48. The molecule has 2 amide bonds. The van der Waals surface area contributed by atoms with Gasteiger partial charge < -0.3 is 9.64 Å². The van der Waals surface area contributed by atoms with Crippen LogP contribution in [-0.4, -0.2) is 52.1 Å². The molecule has 8 heteroatoms. The Morgan fingerprint density at radius 3 is 2.75 bits per heavy atom. The third kappa shape index (κ3) is 4.32. The van der Waals surface area contributed by atoms with E-state index in [2.05, 4.69) is 9.97 Å². The zero-order valence-electron chi connectivity index (χ0n) is 16.9. The molecule has 2 aromatic heterocycles. The predicted octanol–water partition coefficient (Wildman–Crippen LogP) is 3.88. The summed E-state index contributed by atoms with van der Waals surface area (Å²) in [5.41, 5.74) is 1.10. The van der Waals surface area contributed by atoms with Gasteiger partial charge in [0, 0.05) is 31.5 Å². The maximum Gasteiger partial charge on any atom is 0.410 e. The van der Waals surface area contributed by atoms with Gasteiger partial charge in [-0.3, -0.25) is 14.7 Å². The monoisotopic (exact) mass is 402 g/mol. The second-order valence-corrected chi connectivity index (χ2v) is 8.86. The molecule has 7 nitrogen and oxygen atoms in total. The molecule has 3 rings (SSSR count). The van der Waals surface area contributed by atoms with E-state index in [4.69, 9.17) is 4.74 Å². The Balaban J connectivity index is 1.79. The Morgan fingerprint density at radius 1 is 1.36 bits per heavy atom. The van der Waals surface area contributed by atoms with Crippen LogP contribution >= 0.6 is 11.3 Å². The highest BCUT2D eigenvalue weighted by atomic mass is 32.1. The second kappa shape index (κ2) is 7.87. The van der Waals surface area contributed by atoms with Crippen LogP contribution < -0.4 is 4.90 Å². The molecule has 1 atom stereocenters. The van der Waals surface area contributed by atoms with Crippen molar-refractivity contribution in [2.75, 3.05) is 18.5 Å². The van der Waals surface area contributed by atoms with E-state index >= 15 is 0 Å². The Bertz CT molecular complexity index is 860. The molecule has 0 aromatic carbocycles. The van der Waals surface area contributed by atoms with Crippen molar-refractivity contribution in [3.8, 4) is 10.6 Å². The standard InChI is InChI=1S/C20H26N4O3S/c1-13-18(28-16(22-13)14-8-6-10-21-12-14)23(5)17(25)15-9-7-11-24(15)19(26)27-20(2,3)4/h6,8,10,12,15H,7,9,11H2,1-5H3/t15-/m0/s1. The number of aromatic nitrogens is 2. The van der Waals surface area contributed by atoms with Crippen LogP contribution in [-0.2, 0) is 9.53 Å². The first kappa shape index (κ1) is 20.3. The number of thiazole rings is 1. The number of likely N-dealkylation sites (N-methyl/N-ethyl adjacent to an activating group) is 1. The van der Waals surface area contributed by atoms with Crippen molar-refractivity contribution in [1.29, 1.82) is 0 Å². The SMILES string of the molecule is Cc1nc(-c2cccnc2)sc1N(C)C(=O)[C@@H]1CCCN1C(=O)OC(C)(C)C. The number of amides is 2. The zero-order chi connectivity index (χ0) is 20.5. The van der Waals surface area contributed by atoms with E-state index < -0.39 is 17.7 Å². The van der Waals surface area contributed by atoms with E-state index in [1.54, 1.807) is 29.2 Å². The average Bonchev–Trinajstić information content (AvgIpc) is 3.26. The highest BCUT2D eigenvalue weighted by Gasteiger charge is 2.38. The van der Waals surface area contributed by atoms with Gasteiger partial charge in [-0.05, 0) is 52.7 Å². The number of pyridine rings is 1. The van der Waals surface area contributed by atoms with Crippen LogP contribution in [0.15, 0.2) is 24.5 Å². The molecule has 0 N–H and O–H groups in total. The fourth-order valence-electron chi connectivity index (χ4n) is 3.20. The highest BCUT2D eigenvalue weighted by Crippen LogP contribution is 2.34. The summed E-state index contributed by atoms with van der Waals surface area (Å²) in [6.45, 7) is 7.89. The van der Waals surface area contributed by atoms with Gasteiger partial charge in [-0.2, -0.15) is 0 Å². The summed E-state index contributed by atoms with van der Waals surface area (Å²) in [5.74, 6) is -0.118. The largest absolute Gasteiger partial charge is 0.444 e. The fourth-order valence-corrected chi connectivity index (χ4v) is 4.22. The summed E-state index contributed by atoms with van der Waals surface area (Å²) in [7, 11) is 1.74. The second-order valence-electron chi connectivity index (χ2n) is 7.88. The maximum absolute atomic E-state index is 13.2. The third-order valence-corrected chi connectivity index (χ3v) is 5.76. The molecule has 1 fully saturated rings. The Morgan fingerprint density at radius 2 is 2.11 bits per heavy atom. The minimum atomic E-state index is -0.591. The molecular formula is C20H26N4O3S. The summed E-state index contributed by atoms with van der Waals surface area (Å²) >= 11 is 1.45. The lowest BCUT2D eigenvalue weighted by atomic mass is 10.2. The van der Waals surface area contributed by atoms with E-state index in [0.29, 0.717) is 13.0 Å². The van der Waals surface area contributed by atoms with E-state index in [9.17, 15) is 9.59 Å². The van der Waals surface area contributed by atoms with Crippen LogP contribution in [0.25, 0.3) is 10.6 Å². The van der Waals surface area contributed by atoms with Crippen LogP contribution in [0, 0.1) is 6.92 Å². The van der Waals surface area contributed by atoms with E-state index in [1.807, 2.05) is 39.8 Å². The number of likely N-dealkylation sites (tertiary alicyclic amines) is 1. The first-order valence-corrected chi connectivity index (χ1v) is 10.1. The van der Waals surface area contributed by atoms with Crippen molar-refractivity contribution < 1.29 is 14.3 Å². The smallest absolute Gasteiger partial charge is 0.410 e. The summed E-state index contributed by atoms with van der Waals surface area (Å²) in [5, 5.41) is 1.59. The van der Waals surface area contributed by atoms with Crippen molar-refractivity contribution in [2.24, 2.45) is 0 Å². The first-order chi connectivity index (χ1) is 13.2.